The van der Waals surface area contributed by atoms with E-state index in [0.717, 1.165) is 32.8 Å². The summed E-state index contributed by atoms with van der Waals surface area (Å²) in [4.78, 5) is 0. The van der Waals surface area contributed by atoms with Gasteiger partial charge < -0.3 is 14.8 Å². The van der Waals surface area contributed by atoms with E-state index in [1.165, 1.54) is 0 Å². The van der Waals surface area contributed by atoms with Gasteiger partial charge in [-0.2, -0.15) is 0 Å². The van der Waals surface area contributed by atoms with Gasteiger partial charge in [0.25, 0.3) is 0 Å². The van der Waals surface area contributed by atoms with Crippen molar-refractivity contribution in [1.82, 2.24) is 0 Å². The lowest BCUT2D eigenvalue weighted by Crippen LogP contribution is -2.02. The highest BCUT2D eigenvalue weighted by Gasteiger charge is 2.07. The average Bonchev–Trinajstić information content (AvgIpc) is 2.48. The molecule has 0 aliphatic carbocycles. The van der Waals surface area contributed by atoms with Crippen molar-refractivity contribution >= 4 is 33.2 Å². The summed E-state index contributed by atoms with van der Waals surface area (Å²) in [5, 5.41) is 4.07. The summed E-state index contributed by atoms with van der Waals surface area (Å²) in [5.74, 6) is 1.55. The molecule has 21 heavy (non-hydrogen) atoms. The maximum Gasteiger partial charge on any atom is 0.143 e. The molecule has 2 aromatic rings. The van der Waals surface area contributed by atoms with Gasteiger partial charge in [-0.3, -0.25) is 0 Å². The fourth-order valence-electron chi connectivity index (χ4n) is 1.99. The van der Waals surface area contributed by atoms with Crippen LogP contribution < -0.4 is 14.8 Å². The number of anilines is 1. The lowest BCUT2D eigenvalue weighted by molar-refractivity contribution is 0.412. The van der Waals surface area contributed by atoms with Gasteiger partial charge in [0.05, 0.1) is 24.4 Å². The summed E-state index contributed by atoms with van der Waals surface area (Å²) in [7, 11) is 3.29. The first-order valence-corrected chi connectivity index (χ1v) is 7.62. The third-order valence-corrected chi connectivity index (χ3v) is 4.21. The Labute approximate surface area is 138 Å². The molecule has 0 unspecified atom stereocenters. The molecule has 1 N–H and O–H groups in total. The minimum atomic E-state index is 0.681. The standard InChI is InChI=1S/C16H17BrClNO2/c1-10-6-14(16(21-3)8-13(10)18)19-9-11-4-5-15(20-2)12(17)7-11/h4-8,19H,9H2,1-3H3. The lowest BCUT2D eigenvalue weighted by Gasteiger charge is -2.14. The van der Waals surface area contributed by atoms with E-state index >= 15 is 0 Å². The molecule has 0 heterocycles. The van der Waals surface area contributed by atoms with Gasteiger partial charge in [-0.05, 0) is 52.2 Å². The minimum absolute atomic E-state index is 0.681. The van der Waals surface area contributed by atoms with E-state index in [-0.39, 0.29) is 0 Å². The highest BCUT2D eigenvalue weighted by molar-refractivity contribution is 9.10. The zero-order valence-electron chi connectivity index (χ0n) is 12.2. The molecule has 0 spiro atoms. The molecule has 0 aliphatic rings. The van der Waals surface area contributed by atoms with Crippen LogP contribution in [-0.2, 0) is 6.54 Å². The van der Waals surface area contributed by atoms with Gasteiger partial charge in [0.2, 0.25) is 0 Å². The molecular weight excluding hydrogens is 354 g/mol. The zero-order chi connectivity index (χ0) is 15.4. The molecule has 0 bridgehead atoms. The molecule has 3 nitrogen and oxygen atoms in total. The fourth-order valence-corrected chi connectivity index (χ4v) is 2.73. The van der Waals surface area contributed by atoms with Gasteiger partial charge in [0, 0.05) is 17.6 Å². The van der Waals surface area contributed by atoms with Crippen molar-refractivity contribution in [2.24, 2.45) is 0 Å². The Bertz CT molecular complexity index is 646. The van der Waals surface area contributed by atoms with Crippen LogP contribution in [0, 0.1) is 6.92 Å². The van der Waals surface area contributed by atoms with Crippen LogP contribution in [0.5, 0.6) is 11.5 Å². The zero-order valence-corrected chi connectivity index (χ0v) is 14.5. The number of methoxy groups -OCH3 is 2. The number of hydrogen-bond donors (Lipinski definition) is 1. The topological polar surface area (TPSA) is 30.5 Å². The minimum Gasteiger partial charge on any atom is -0.496 e. The van der Waals surface area contributed by atoms with Crippen LogP contribution in [0.2, 0.25) is 5.02 Å². The van der Waals surface area contributed by atoms with Crippen molar-refractivity contribution in [3.05, 3.63) is 51.0 Å². The van der Waals surface area contributed by atoms with Crippen LogP contribution in [-0.4, -0.2) is 14.2 Å². The van der Waals surface area contributed by atoms with Gasteiger partial charge in [0.1, 0.15) is 11.5 Å². The van der Waals surface area contributed by atoms with Crippen molar-refractivity contribution in [1.29, 1.82) is 0 Å². The van der Waals surface area contributed by atoms with E-state index in [4.69, 9.17) is 21.1 Å². The van der Waals surface area contributed by atoms with Gasteiger partial charge in [-0.1, -0.05) is 17.7 Å². The first-order chi connectivity index (χ1) is 10.0. The van der Waals surface area contributed by atoms with E-state index in [2.05, 4.69) is 21.2 Å². The summed E-state index contributed by atoms with van der Waals surface area (Å²) in [6, 6.07) is 9.79. The van der Waals surface area contributed by atoms with E-state index < -0.39 is 0 Å². The third kappa shape index (κ3) is 3.83. The van der Waals surface area contributed by atoms with Crippen molar-refractivity contribution in [2.45, 2.75) is 13.5 Å². The van der Waals surface area contributed by atoms with Crippen LogP contribution in [0.3, 0.4) is 0 Å². The molecule has 0 atom stereocenters. The Balaban J connectivity index is 2.16. The molecule has 0 saturated heterocycles. The summed E-state index contributed by atoms with van der Waals surface area (Å²) in [5.41, 5.74) is 3.07. The van der Waals surface area contributed by atoms with Gasteiger partial charge in [-0.15, -0.1) is 0 Å². The Kier molecular flexibility index (Phi) is 5.37. The fraction of sp³-hybridized carbons (Fsp3) is 0.250. The number of halogens is 2. The maximum absolute atomic E-state index is 6.11. The van der Waals surface area contributed by atoms with Gasteiger partial charge in [-0.25, -0.2) is 0 Å². The molecule has 0 radical (unpaired) electrons. The Morgan fingerprint density at radius 2 is 1.81 bits per heavy atom. The highest BCUT2D eigenvalue weighted by atomic mass is 79.9. The maximum atomic E-state index is 6.11. The number of rotatable bonds is 5. The van der Waals surface area contributed by atoms with Crippen LogP contribution in [0.4, 0.5) is 5.69 Å². The molecule has 0 amide bonds. The first-order valence-electron chi connectivity index (χ1n) is 6.45. The van der Waals surface area contributed by atoms with Crippen LogP contribution in [0.1, 0.15) is 11.1 Å². The summed E-state index contributed by atoms with van der Waals surface area (Å²) >= 11 is 9.60. The third-order valence-electron chi connectivity index (χ3n) is 3.18. The molecule has 2 aromatic carbocycles. The Morgan fingerprint density at radius 1 is 1.10 bits per heavy atom. The smallest absolute Gasteiger partial charge is 0.143 e. The second-order valence-electron chi connectivity index (χ2n) is 4.62. The first kappa shape index (κ1) is 16.0. The Hall–Kier alpha value is -1.39. The van der Waals surface area contributed by atoms with Crippen molar-refractivity contribution < 1.29 is 9.47 Å². The van der Waals surface area contributed by atoms with Crippen molar-refractivity contribution in [2.75, 3.05) is 19.5 Å². The SMILES string of the molecule is COc1ccc(CNc2cc(C)c(Cl)cc2OC)cc1Br. The molecule has 5 heteroatoms. The second kappa shape index (κ2) is 7.05. The van der Waals surface area contributed by atoms with Crippen LogP contribution in [0.15, 0.2) is 34.8 Å². The molecular formula is C16H17BrClNO2. The van der Waals surface area contributed by atoms with Crippen LogP contribution >= 0.6 is 27.5 Å². The molecule has 0 fully saturated rings. The Morgan fingerprint density at radius 3 is 2.43 bits per heavy atom. The number of ether oxygens (including phenoxy) is 2. The molecule has 0 aliphatic heterocycles. The predicted octanol–water partition coefficient (Wildman–Crippen LogP) is 5.04. The second-order valence-corrected chi connectivity index (χ2v) is 5.89. The number of hydrogen-bond acceptors (Lipinski definition) is 3. The molecule has 112 valence electrons. The quantitative estimate of drug-likeness (QED) is 0.800. The predicted molar refractivity (Wildman–Crippen MR) is 90.8 cm³/mol. The average molecular weight is 371 g/mol. The summed E-state index contributed by atoms with van der Waals surface area (Å²) in [6.45, 7) is 2.65. The highest BCUT2D eigenvalue weighted by Crippen LogP contribution is 2.32. The van der Waals surface area contributed by atoms with Crippen LogP contribution in [0.25, 0.3) is 0 Å². The van der Waals surface area contributed by atoms with E-state index in [1.54, 1.807) is 14.2 Å². The van der Waals surface area contributed by atoms with Gasteiger partial charge >= 0.3 is 0 Å². The molecule has 0 saturated carbocycles. The summed E-state index contributed by atoms with van der Waals surface area (Å²) < 4.78 is 11.5. The number of nitrogens with one attached hydrogen (secondary N) is 1. The monoisotopic (exact) mass is 369 g/mol. The van der Waals surface area contributed by atoms with Crippen molar-refractivity contribution in [3.63, 3.8) is 0 Å². The normalized spacial score (nSPS) is 10.3. The van der Waals surface area contributed by atoms with Crippen molar-refractivity contribution in [3.8, 4) is 11.5 Å². The summed E-state index contributed by atoms with van der Waals surface area (Å²) in [6.07, 6.45) is 0. The largest absolute Gasteiger partial charge is 0.496 e. The van der Waals surface area contributed by atoms with E-state index in [0.29, 0.717) is 11.6 Å². The molecule has 2 rings (SSSR count). The number of benzene rings is 2. The lowest BCUT2D eigenvalue weighted by atomic mass is 10.1. The number of aryl methyl sites for hydroxylation is 1. The van der Waals surface area contributed by atoms with Gasteiger partial charge in [0.15, 0.2) is 0 Å². The molecule has 0 aromatic heterocycles. The van der Waals surface area contributed by atoms with E-state index in [1.807, 2.05) is 37.3 Å². The van der Waals surface area contributed by atoms with E-state index in [9.17, 15) is 0 Å².